The fourth-order valence-corrected chi connectivity index (χ4v) is 2.90. The molecule has 3 heteroatoms. The summed E-state index contributed by atoms with van der Waals surface area (Å²) in [6, 6.07) is 11.9. The Morgan fingerprint density at radius 1 is 1.05 bits per heavy atom. The molecule has 0 aromatic heterocycles. The van der Waals surface area contributed by atoms with Crippen LogP contribution < -0.4 is 4.74 Å². The Bertz CT molecular complexity index is 630. The monoisotopic (exact) mass is 269 g/mol. The molecule has 1 aliphatic rings. The summed E-state index contributed by atoms with van der Waals surface area (Å²) < 4.78 is 5.42. The van der Waals surface area contributed by atoms with E-state index in [4.69, 9.17) is 4.74 Å². The van der Waals surface area contributed by atoms with Crippen molar-refractivity contribution in [1.82, 2.24) is 4.90 Å². The number of methoxy groups -OCH3 is 1. The predicted molar refractivity (Wildman–Crippen MR) is 80.3 cm³/mol. The van der Waals surface area contributed by atoms with Crippen molar-refractivity contribution in [3.8, 4) is 5.75 Å². The van der Waals surface area contributed by atoms with Crippen molar-refractivity contribution in [2.24, 2.45) is 0 Å². The molecule has 3 rings (SSSR count). The highest BCUT2D eigenvalue weighted by molar-refractivity contribution is 6.09. The highest BCUT2D eigenvalue weighted by Crippen LogP contribution is 2.29. The maximum atomic E-state index is 12.8. The van der Waals surface area contributed by atoms with Gasteiger partial charge in [0.1, 0.15) is 5.75 Å². The average Bonchev–Trinajstić information content (AvgIpc) is 2.54. The van der Waals surface area contributed by atoms with E-state index in [-0.39, 0.29) is 5.91 Å². The molecule has 0 spiro atoms. The van der Waals surface area contributed by atoms with Gasteiger partial charge in [0.2, 0.25) is 0 Å². The summed E-state index contributed by atoms with van der Waals surface area (Å²) >= 11 is 0. The predicted octanol–water partition coefficient (Wildman–Crippen LogP) is 3.47. The van der Waals surface area contributed by atoms with E-state index in [1.165, 1.54) is 6.42 Å². The van der Waals surface area contributed by atoms with E-state index < -0.39 is 0 Å². The summed E-state index contributed by atoms with van der Waals surface area (Å²) in [6.45, 7) is 1.70. The van der Waals surface area contributed by atoms with Gasteiger partial charge >= 0.3 is 0 Å². The fraction of sp³-hybridized carbons (Fsp3) is 0.353. The lowest BCUT2D eigenvalue weighted by molar-refractivity contribution is 0.0723. The summed E-state index contributed by atoms with van der Waals surface area (Å²) in [6.07, 6.45) is 3.41. The number of ether oxygens (including phenoxy) is 1. The largest absolute Gasteiger partial charge is 0.496 e. The number of piperidine rings is 1. The van der Waals surface area contributed by atoms with Crippen molar-refractivity contribution < 1.29 is 9.53 Å². The number of rotatable bonds is 2. The molecule has 3 nitrogen and oxygen atoms in total. The highest BCUT2D eigenvalue weighted by Gasteiger charge is 2.23. The normalized spacial score (nSPS) is 15.3. The molecule has 1 heterocycles. The fourth-order valence-electron chi connectivity index (χ4n) is 2.90. The van der Waals surface area contributed by atoms with Crippen molar-refractivity contribution in [3.05, 3.63) is 42.0 Å². The van der Waals surface area contributed by atoms with Crippen molar-refractivity contribution in [2.75, 3.05) is 20.2 Å². The molecule has 0 unspecified atom stereocenters. The molecule has 2 aromatic carbocycles. The molecule has 20 heavy (non-hydrogen) atoms. The van der Waals surface area contributed by atoms with Crippen molar-refractivity contribution in [1.29, 1.82) is 0 Å². The number of fused-ring (bicyclic) bond motifs is 1. The Labute approximate surface area is 119 Å². The van der Waals surface area contributed by atoms with Crippen LogP contribution in [0.2, 0.25) is 0 Å². The lowest BCUT2D eigenvalue weighted by Gasteiger charge is -2.27. The molecule has 2 aromatic rings. The molecule has 1 saturated heterocycles. The lowest BCUT2D eigenvalue weighted by atomic mass is 10.0. The molecule has 0 radical (unpaired) electrons. The minimum Gasteiger partial charge on any atom is -0.496 e. The van der Waals surface area contributed by atoms with Gasteiger partial charge in [0.25, 0.3) is 5.91 Å². The van der Waals surface area contributed by atoms with E-state index in [1.54, 1.807) is 7.11 Å². The number of benzene rings is 2. The number of nitrogens with zero attached hydrogens (tertiary/aromatic N) is 1. The van der Waals surface area contributed by atoms with Crippen LogP contribution in [-0.4, -0.2) is 31.0 Å². The van der Waals surface area contributed by atoms with Crippen LogP contribution in [0.3, 0.4) is 0 Å². The standard InChI is InChI=1S/C17H19NO2/c1-20-15-10-9-13-7-3-4-8-14(13)16(15)17(19)18-11-5-2-6-12-18/h3-4,7-10H,2,5-6,11-12H2,1H3. The second kappa shape index (κ2) is 5.53. The first-order chi connectivity index (χ1) is 9.81. The number of hydrogen-bond acceptors (Lipinski definition) is 2. The van der Waals surface area contributed by atoms with Crippen molar-refractivity contribution in [2.45, 2.75) is 19.3 Å². The van der Waals surface area contributed by atoms with Crippen LogP contribution in [0.25, 0.3) is 10.8 Å². The highest BCUT2D eigenvalue weighted by atomic mass is 16.5. The lowest BCUT2D eigenvalue weighted by Crippen LogP contribution is -2.35. The van der Waals surface area contributed by atoms with Crippen LogP contribution in [0.15, 0.2) is 36.4 Å². The Morgan fingerprint density at radius 2 is 1.80 bits per heavy atom. The zero-order valence-electron chi connectivity index (χ0n) is 11.8. The van der Waals surface area contributed by atoms with Gasteiger partial charge in [-0.2, -0.15) is 0 Å². The smallest absolute Gasteiger partial charge is 0.258 e. The number of likely N-dealkylation sites (tertiary alicyclic amines) is 1. The summed E-state index contributed by atoms with van der Waals surface area (Å²) in [4.78, 5) is 14.8. The molecule has 0 saturated carbocycles. The summed E-state index contributed by atoms with van der Waals surface area (Å²) in [5.74, 6) is 0.762. The quantitative estimate of drug-likeness (QED) is 0.835. The summed E-state index contributed by atoms with van der Waals surface area (Å²) in [5, 5.41) is 2.05. The van der Waals surface area contributed by atoms with Gasteiger partial charge in [-0.3, -0.25) is 4.79 Å². The van der Waals surface area contributed by atoms with Gasteiger partial charge in [0.15, 0.2) is 0 Å². The maximum Gasteiger partial charge on any atom is 0.258 e. The molecule has 0 N–H and O–H groups in total. The first-order valence-electron chi connectivity index (χ1n) is 7.16. The Hall–Kier alpha value is -2.03. The van der Waals surface area contributed by atoms with Crippen LogP contribution in [-0.2, 0) is 0 Å². The van der Waals surface area contributed by atoms with Crippen LogP contribution in [0.5, 0.6) is 5.75 Å². The molecular formula is C17H19NO2. The first-order valence-corrected chi connectivity index (χ1v) is 7.16. The van der Waals surface area contributed by atoms with E-state index in [2.05, 4.69) is 0 Å². The zero-order chi connectivity index (χ0) is 13.9. The van der Waals surface area contributed by atoms with Gasteiger partial charge in [-0.05, 0) is 36.1 Å². The minimum atomic E-state index is 0.0957. The Kier molecular flexibility index (Phi) is 3.59. The van der Waals surface area contributed by atoms with Crippen LogP contribution in [0, 0.1) is 0 Å². The van der Waals surface area contributed by atoms with E-state index in [9.17, 15) is 4.79 Å². The average molecular weight is 269 g/mol. The molecule has 0 bridgehead atoms. The summed E-state index contributed by atoms with van der Waals surface area (Å²) in [5.41, 5.74) is 0.701. The van der Waals surface area contributed by atoms with E-state index in [0.29, 0.717) is 11.3 Å². The third-order valence-electron chi connectivity index (χ3n) is 3.97. The topological polar surface area (TPSA) is 29.5 Å². The third-order valence-corrected chi connectivity index (χ3v) is 3.97. The molecule has 0 atom stereocenters. The first kappa shape index (κ1) is 13.0. The van der Waals surface area contributed by atoms with Gasteiger partial charge in [-0.15, -0.1) is 0 Å². The van der Waals surface area contributed by atoms with Gasteiger partial charge in [0.05, 0.1) is 12.7 Å². The minimum absolute atomic E-state index is 0.0957. The number of hydrogen-bond donors (Lipinski definition) is 0. The number of amides is 1. The Balaban J connectivity index is 2.10. The van der Waals surface area contributed by atoms with Gasteiger partial charge < -0.3 is 9.64 Å². The van der Waals surface area contributed by atoms with Crippen LogP contribution in [0.4, 0.5) is 0 Å². The second-order valence-corrected chi connectivity index (χ2v) is 5.22. The number of carbonyl (C=O) groups is 1. The molecule has 0 aliphatic carbocycles. The zero-order valence-corrected chi connectivity index (χ0v) is 11.8. The van der Waals surface area contributed by atoms with Crippen LogP contribution >= 0.6 is 0 Å². The maximum absolute atomic E-state index is 12.8. The molecule has 1 amide bonds. The van der Waals surface area contributed by atoms with Gasteiger partial charge in [-0.25, -0.2) is 0 Å². The third kappa shape index (κ3) is 2.24. The SMILES string of the molecule is COc1ccc2ccccc2c1C(=O)N1CCCCC1. The van der Waals surface area contributed by atoms with E-state index in [1.807, 2.05) is 41.3 Å². The van der Waals surface area contributed by atoms with Gasteiger partial charge in [-0.1, -0.05) is 30.3 Å². The summed E-state index contributed by atoms with van der Waals surface area (Å²) in [7, 11) is 1.62. The van der Waals surface area contributed by atoms with Crippen molar-refractivity contribution >= 4 is 16.7 Å². The molecule has 104 valence electrons. The molecule has 1 fully saturated rings. The number of carbonyl (C=O) groups excluding carboxylic acids is 1. The Morgan fingerprint density at radius 3 is 2.55 bits per heavy atom. The molecular weight excluding hydrogens is 250 g/mol. The van der Waals surface area contributed by atoms with Crippen LogP contribution in [0.1, 0.15) is 29.6 Å². The van der Waals surface area contributed by atoms with Crippen molar-refractivity contribution in [3.63, 3.8) is 0 Å². The van der Waals surface area contributed by atoms with Gasteiger partial charge in [0, 0.05) is 13.1 Å². The second-order valence-electron chi connectivity index (χ2n) is 5.22. The van der Waals surface area contributed by atoms with E-state index >= 15 is 0 Å². The molecule has 1 aliphatic heterocycles. The van der Waals surface area contributed by atoms with E-state index in [0.717, 1.165) is 36.7 Å².